The maximum atomic E-state index is 12.3. The Hall–Kier alpha value is -2.83. The van der Waals surface area contributed by atoms with Crippen LogP contribution in [0.2, 0.25) is 5.02 Å². The Morgan fingerprint density at radius 2 is 1.50 bits per heavy atom. The summed E-state index contributed by atoms with van der Waals surface area (Å²) in [6.07, 6.45) is 0. The Morgan fingerprint density at radius 1 is 0.923 bits per heavy atom. The Kier molecular flexibility index (Phi) is 5.55. The van der Waals surface area contributed by atoms with Gasteiger partial charge in [-0.25, -0.2) is 0 Å². The molecule has 0 fully saturated rings. The number of anilines is 1. The van der Waals surface area contributed by atoms with E-state index in [-0.39, 0.29) is 11.3 Å². The highest BCUT2D eigenvalue weighted by Crippen LogP contribution is 2.29. The van der Waals surface area contributed by atoms with Gasteiger partial charge in [-0.3, -0.25) is 14.9 Å². The van der Waals surface area contributed by atoms with Crippen LogP contribution in [0, 0.1) is 10.1 Å². The van der Waals surface area contributed by atoms with Gasteiger partial charge in [0.05, 0.1) is 4.92 Å². The predicted molar refractivity (Wildman–Crippen MR) is 103 cm³/mol. The molecular formula is C19H13ClN2O3S. The van der Waals surface area contributed by atoms with Crippen LogP contribution in [0.3, 0.4) is 0 Å². The Labute approximate surface area is 159 Å². The zero-order chi connectivity index (χ0) is 18.5. The number of carbonyl (C=O) groups excluding carboxylic acids is 1. The summed E-state index contributed by atoms with van der Waals surface area (Å²) >= 11 is 7.44. The number of para-hydroxylation sites is 1. The summed E-state index contributed by atoms with van der Waals surface area (Å²) in [5.41, 5.74) is 0.366. The van der Waals surface area contributed by atoms with E-state index in [1.165, 1.54) is 18.2 Å². The highest BCUT2D eigenvalue weighted by Gasteiger charge is 2.19. The molecule has 0 bridgehead atoms. The van der Waals surface area contributed by atoms with Gasteiger partial charge in [-0.15, -0.1) is 0 Å². The second-order valence-electron chi connectivity index (χ2n) is 5.31. The minimum atomic E-state index is -0.569. The molecule has 26 heavy (non-hydrogen) atoms. The lowest BCUT2D eigenvalue weighted by atomic mass is 10.1. The summed E-state index contributed by atoms with van der Waals surface area (Å²) in [5, 5.41) is 14.4. The van der Waals surface area contributed by atoms with E-state index >= 15 is 0 Å². The summed E-state index contributed by atoms with van der Waals surface area (Å²) in [4.78, 5) is 24.8. The number of rotatable bonds is 5. The molecule has 0 spiro atoms. The van der Waals surface area contributed by atoms with Crippen molar-refractivity contribution in [1.29, 1.82) is 0 Å². The van der Waals surface area contributed by atoms with Crippen molar-refractivity contribution in [3.63, 3.8) is 0 Å². The fraction of sp³-hybridized carbons (Fsp3) is 0. The van der Waals surface area contributed by atoms with Crippen molar-refractivity contribution in [2.75, 3.05) is 5.32 Å². The van der Waals surface area contributed by atoms with Gasteiger partial charge in [0.1, 0.15) is 5.56 Å². The fourth-order valence-electron chi connectivity index (χ4n) is 2.27. The SMILES string of the molecule is O=C(Nc1ccc(Sc2ccc(Cl)cc2)cc1)c1ccccc1[N+](=O)[O-]. The van der Waals surface area contributed by atoms with Crippen LogP contribution in [0.1, 0.15) is 10.4 Å². The minimum Gasteiger partial charge on any atom is -0.322 e. The summed E-state index contributed by atoms with van der Waals surface area (Å²) in [5.74, 6) is -0.518. The van der Waals surface area contributed by atoms with E-state index < -0.39 is 10.8 Å². The van der Waals surface area contributed by atoms with Gasteiger partial charge in [-0.2, -0.15) is 0 Å². The number of nitro benzene ring substituents is 1. The predicted octanol–water partition coefficient (Wildman–Crippen LogP) is 5.65. The molecule has 3 rings (SSSR count). The molecule has 0 aliphatic rings. The number of halogens is 1. The van der Waals surface area contributed by atoms with Crippen LogP contribution in [-0.4, -0.2) is 10.8 Å². The van der Waals surface area contributed by atoms with Gasteiger partial charge in [0, 0.05) is 26.6 Å². The molecule has 1 amide bonds. The zero-order valence-corrected chi connectivity index (χ0v) is 15.0. The number of hydrogen-bond acceptors (Lipinski definition) is 4. The van der Waals surface area contributed by atoms with Gasteiger partial charge in [0.15, 0.2) is 0 Å². The molecule has 0 atom stereocenters. The molecule has 3 aromatic rings. The van der Waals surface area contributed by atoms with Crippen molar-refractivity contribution in [2.24, 2.45) is 0 Å². The zero-order valence-electron chi connectivity index (χ0n) is 13.4. The fourth-order valence-corrected chi connectivity index (χ4v) is 3.21. The normalized spacial score (nSPS) is 10.3. The molecule has 0 unspecified atom stereocenters. The number of nitrogens with one attached hydrogen (secondary N) is 1. The summed E-state index contributed by atoms with van der Waals surface area (Å²) in [7, 11) is 0. The van der Waals surface area contributed by atoms with Crippen LogP contribution in [0.4, 0.5) is 11.4 Å². The standard InChI is InChI=1S/C19H13ClN2O3S/c20-13-5-9-15(10-6-13)26-16-11-7-14(8-12-16)21-19(23)17-3-1-2-4-18(17)22(24)25/h1-12H,(H,21,23). The van der Waals surface area contributed by atoms with E-state index in [4.69, 9.17) is 11.6 Å². The van der Waals surface area contributed by atoms with Crippen LogP contribution in [-0.2, 0) is 0 Å². The third-order valence-corrected chi connectivity index (χ3v) is 4.77. The number of benzene rings is 3. The average Bonchev–Trinajstić information content (AvgIpc) is 2.65. The monoisotopic (exact) mass is 384 g/mol. The number of amides is 1. The molecule has 0 saturated carbocycles. The average molecular weight is 385 g/mol. The third kappa shape index (κ3) is 4.41. The maximum absolute atomic E-state index is 12.3. The number of hydrogen-bond donors (Lipinski definition) is 1. The van der Waals surface area contributed by atoms with Gasteiger partial charge >= 0.3 is 0 Å². The molecule has 130 valence electrons. The number of carbonyl (C=O) groups is 1. The van der Waals surface area contributed by atoms with E-state index in [2.05, 4.69) is 5.32 Å². The summed E-state index contributed by atoms with van der Waals surface area (Å²) in [6.45, 7) is 0. The first kappa shape index (κ1) is 18.0. The Morgan fingerprint density at radius 3 is 2.12 bits per heavy atom. The van der Waals surface area contributed by atoms with Crippen LogP contribution in [0.15, 0.2) is 82.6 Å². The Bertz CT molecular complexity index is 944. The van der Waals surface area contributed by atoms with E-state index in [1.807, 2.05) is 36.4 Å². The summed E-state index contributed by atoms with van der Waals surface area (Å²) in [6, 6.07) is 20.6. The Balaban J connectivity index is 1.70. The molecule has 0 saturated heterocycles. The summed E-state index contributed by atoms with van der Waals surface area (Å²) < 4.78 is 0. The largest absolute Gasteiger partial charge is 0.322 e. The molecule has 3 aromatic carbocycles. The van der Waals surface area contributed by atoms with Crippen molar-refractivity contribution in [3.8, 4) is 0 Å². The van der Waals surface area contributed by atoms with E-state index in [0.29, 0.717) is 10.7 Å². The third-order valence-electron chi connectivity index (χ3n) is 3.51. The molecule has 5 nitrogen and oxygen atoms in total. The molecule has 0 heterocycles. The van der Waals surface area contributed by atoms with Crippen LogP contribution >= 0.6 is 23.4 Å². The number of nitro groups is 1. The van der Waals surface area contributed by atoms with Crippen molar-refractivity contribution in [3.05, 3.63) is 93.5 Å². The first-order valence-electron chi connectivity index (χ1n) is 7.61. The van der Waals surface area contributed by atoms with E-state index in [1.54, 1.807) is 30.0 Å². The van der Waals surface area contributed by atoms with Crippen LogP contribution < -0.4 is 5.32 Å². The lowest BCUT2D eigenvalue weighted by Gasteiger charge is -2.07. The smallest absolute Gasteiger partial charge is 0.282 e. The molecule has 0 aliphatic carbocycles. The van der Waals surface area contributed by atoms with Gasteiger partial charge in [-0.1, -0.05) is 35.5 Å². The second kappa shape index (κ2) is 8.03. The molecule has 1 N–H and O–H groups in total. The van der Waals surface area contributed by atoms with Crippen molar-refractivity contribution < 1.29 is 9.72 Å². The quantitative estimate of drug-likeness (QED) is 0.455. The molecule has 0 aromatic heterocycles. The highest BCUT2D eigenvalue weighted by molar-refractivity contribution is 7.99. The lowest BCUT2D eigenvalue weighted by molar-refractivity contribution is -0.385. The van der Waals surface area contributed by atoms with E-state index in [0.717, 1.165) is 9.79 Å². The van der Waals surface area contributed by atoms with Crippen molar-refractivity contribution >= 4 is 40.6 Å². The van der Waals surface area contributed by atoms with E-state index in [9.17, 15) is 14.9 Å². The maximum Gasteiger partial charge on any atom is 0.282 e. The van der Waals surface area contributed by atoms with Crippen molar-refractivity contribution in [1.82, 2.24) is 0 Å². The first-order valence-corrected chi connectivity index (χ1v) is 8.80. The highest BCUT2D eigenvalue weighted by atomic mass is 35.5. The minimum absolute atomic E-state index is 0.0251. The number of nitrogens with zero attached hydrogens (tertiary/aromatic N) is 1. The first-order chi connectivity index (χ1) is 12.5. The van der Waals surface area contributed by atoms with Gasteiger partial charge < -0.3 is 5.32 Å². The van der Waals surface area contributed by atoms with Gasteiger partial charge in [0.25, 0.3) is 11.6 Å². The second-order valence-corrected chi connectivity index (χ2v) is 6.89. The molecule has 0 aliphatic heterocycles. The topological polar surface area (TPSA) is 72.2 Å². The molecule has 0 radical (unpaired) electrons. The van der Waals surface area contributed by atoms with Crippen LogP contribution in [0.5, 0.6) is 0 Å². The lowest BCUT2D eigenvalue weighted by Crippen LogP contribution is -2.13. The van der Waals surface area contributed by atoms with Gasteiger partial charge in [0.2, 0.25) is 0 Å². The van der Waals surface area contributed by atoms with Crippen molar-refractivity contribution in [2.45, 2.75) is 9.79 Å². The molecule has 7 heteroatoms. The molecular weight excluding hydrogens is 372 g/mol. The van der Waals surface area contributed by atoms with Gasteiger partial charge in [-0.05, 0) is 54.6 Å². The van der Waals surface area contributed by atoms with Crippen LogP contribution in [0.25, 0.3) is 0 Å².